The molecular weight excluding hydrogens is 249 g/mol. The molecule has 19 heavy (non-hydrogen) atoms. The molecule has 1 heterocycles. The Balaban J connectivity index is 1.94. The highest BCUT2D eigenvalue weighted by Gasteiger charge is 2.23. The number of amides is 1. The van der Waals surface area contributed by atoms with Gasteiger partial charge in [0.05, 0.1) is 7.11 Å². The zero-order chi connectivity index (χ0) is 13.8. The van der Waals surface area contributed by atoms with Crippen LogP contribution in [0.5, 0.6) is 5.75 Å². The molecule has 4 nitrogen and oxygen atoms in total. The van der Waals surface area contributed by atoms with Crippen molar-refractivity contribution >= 4 is 6.09 Å². The number of rotatable bonds is 3. The van der Waals surface area contributed by atoms with Crippen LogP contribution in [-0.2, 0) is 6.42 Å². The van der Waals surface area contributed by atoms with E-state index in [4.69, 9.17) is 9.84 Å². The van der Waals surface area contributed by atoms with Crippen molar-refractivity contribution in [1.29, 1.82) is 0 Å². The Morgan fingerprint density at radius 1 is 1.47 bits per heavy atom. The molecule has 0 spiro atoms. The number of benzene rings is 1. The van der Waals surface area contributed by atoms with Gasteiger partial charge in [-0.1, -0.05) is 6.07 Å². The molecule has 5 heteroatoms. The van der Waals surface area contributed by atoms with E-state index in [0.29, 0.717) is 36.7 Å². The molecule has 0 saturated carbocycles. The lowest BCUT2D eigenvalue weighted by molar-refractivity contribution is 0.124. The molecule has 1 aromatic carbocycles. The summed E-state index contributed by atoms with van der Waals surface area (Å²) in [5.74, 6) is 0.612. The molecule has 2 rings (SSSR count). The molecule has 104 valence electrons. The third-order valence-electron chi connectivity index (χ3n) is 3.65. The highest BCUT2D eigenvalue weighted by molar-refractivity contribution is 5.64. The van der Waals surface area contributed by atoms with Crippen LogP contribution in [0.25, 0.3) is 0 Å². The van der Waals surface area contributed by atoms with Gasteiger partial charge in [-0.15, -0.1) is 0 Å². The van der Waals surface area contributed by atoms with Crippen molar-refractivity contribution in [3.05, 3.63) is 29.6 Å². The Morgan fingerprint density at radius 2 is 2.16 bits per heavy atom. The summed E-state index contributed by atoms with van der Waals surface area (Å²) in [4.78, 5) is 12.2. The van der Waals surface area contributed by atoms with Crippen LogP contribution < -0.4 is 4.74 Å². The number of carboxylic acid groups (broad SMARTS) is 1. The fraction of sp³-hybridized carbons (Fsp3) is 0.500. The number of nitrogens with zero attached hydrogens (tertiary/aromatic N) is 1. The lowest BCUT2D eigenvalue weighted by atomic mass is 9.90. The van der Waals surface area contributed by atoms with Gasteiger partial charge in [0, 0.05) is 19.2 Å². The molecule has 0 radical (unpaired) electrons. The van der Waals surface area contributed by atoms with E-state index >= 15 is 0 Å². The van der Waals surface area contributed by atoms with E-state index in [1.54, 1.807) is 12.1 Å². The number of methoxy groups -OCH3 is 1. The summed E-state index contributed by atoms with van der Waals surface area (Å²) < 4.78 is 18.8. The quantitative estimate of drug-likeness (QED) is 0.916. The topological polar surface area (TPSA) is 49.8 Å². The van der Waals surface area contributed by atoms with E-state index in [1.165, 1.54) is 18.1 Å². The number of likely N-dealkylation sites (tertiary alicyclic amines) is 1. The fourth-order valence-electron chi connectivity index (χ4n) is 2.46. The fourth-order valence-corrected chi connectivity index (χ4v) is 2.46. The zero-order valence-corrected chi connectivity index (χ0v) is 10.9. The van der Waals surface area contributed by atoms with Gasteiger partial charge in [-0.05, 0) is 36.8 Å². The molecule has 1 aromatic rings. The van der Waals surface area contributed by atoms with Gasteiger partial charge in [-0.25, -0.2) is 9.18 Å². The summed E-state index contributed by atoms with van der Waals surface area (Å²) >= 11 is 0. The van der Waals surface area contributed by atoms with Crippen LogP contribution in [0.3, 0.4) is 0 Å². The number of halogens is 1. The van der Waals surface area contributed by atoms with Gasteiger partial charge in [0.25, 0.3) is 0 Å². The third kappa shape index (κ3) is 3.36. The summed E-state index contributed by atoms with van der Waals surface area (Å²) in [6.45, 7) is 1.08. The SMILES string of the molecule is COc1ccc(CC2CCN(C(=O)O)CC2)c(F)c1. The van der Waals surface area contributed by atoms with E-state index in [-0.39, 0.29) is 5.82 Å². The Bertz CT molecular complexity index is 456. The minimum Gasteiger partial charge on any atom is -0.497 e. The van der Waals surface area contributed by atoms with E-state index in [9.17, 15) is 9.18 Å². The van der Waals surface area contributed by atoms with Crippen LogP contribution in [-0.4, -0.2) is 36.3 Å². The van der Waals surface area contributed by atoms with Crippen LogP contribution in [0.1, 0.15) is 18.4 Å². The second-order valence-corrected chi connectivity index (χ2v) is 4.87. The molecule has 0 bridgehead atoms. The molecule has 0 unspecified atom stereocenters. The van der Waals surface area contributed by atoms with Crippen LogP contribution in [0.2, 0.25) is 0 Å². The molecule has 1 saturated heterocycles. The second kappa shape index (κ2) is 5.91. The smallest absolute Gasteiger partial charge is 0.407 e. The lowest BCUT2D eigenvalue weighted by Crippen LogP contribution is -2.37. The molecule has 0 aromatic heterocycles. The summed E-state index contributed by atoms with van der Waals surface area (Å²) in [6.07, 6.45) is 1.37. The lowest BCUT2D eigenvalue weighted by Gasteiger charge is -2.30. The van der Waals surface area contributed by atoms with Gasteiger partial charge in [-0.2, -0.15) is 0 Å². The molecular formula is C14H18FNO3. The van der Waals surface area contributed by atoms with Gasteiger partial charge in [-0.3, -0.25) is 0 Å². The average Bonchev–Trinajstić information content (AvgIpc) is 2.41. The van der Waals surface area contributed by atoms with Crippen molar-refractivity contribution in [2.24, 2.45) is 5.92 Å². The molecule has 0 atom stereocenters. The monoisotopic (exact) mass is 267 g/mol. The summed E-state index contributed by atoms with van der Waals surface area (Å²) in [6, 6.07) is 4.89. The van der Waals surface area contributed by atoms with E-state index in [0.717, 1.165) is 12.8 Å². The van der Waals surface area contributed by atoms with Gasteiger partial charge in [0.15, 0.2) is 0 Å². The highest BCUT2D eigenvalue weighted by Crippen LogP contribution is 2.24. The zero-order valence-electron chi connectivity index (χ0n) is 10.9. The first-order valence-corrected chi connectivity index (χ1v) is 6.40. The third-order valence-corrected chi connectivity index (χ3v) is 3.65. The first kappa shape index (κ1) is 13.6. The van der Waals surface area contributed by atoms with Crippen molar-refractivity contribution in [1.82, 2.24) is 4.90 Å². The second-order valence-electron chi connectivity index (χ2n) is 4.87. The molecule has 1 amide bonds. The highest BCUT2D eigenvalue weighted by atomic mass is 19.1. The minimum absolute atomic E-state index is 0.250. The predicted octanol–water partition coefficient (Wildman–Crippen LogP) is 2.77. The standard InChI is InChI=1S/C14H18FNO3/c1-19-12-3-2-11(13(15)9-12)8-10-4-6-16(7-5-10)14(17)18/h2-3,9-10H,4-8H2,1H3,(H,17,18). The van der Waals surface area contributed by atoms with Crippen molar-refractivity contribution < 1.29 is 19.0 Å². The van der Waals surface area contributed by atoms with Crippen LogP contribution in [0.4, 0.5) is 9.18 Å². The Morgan fingerprint density at radius 3 is 2.68 bits per heavy atom. The Hall–Kier alpha value is -1.78. The molecule has 1 fully saturated rings. The van der Waals surface area contributed by atoms with Crippen molar-refractivity contribution in [3.63, 3.8) is 0 Å². The van der Waals surface area contributed by atoms with E-state index in [1.807, 2.05) is 0 Å². The predicted molar refractivity (Wildman–Crippen MR) is 69.0 cm³/mol. The van der Waals surface area contributed by atoms with Gasteiger partial charge >= 0.3 is 6.09 Å². The maximum Gasteiger partial charge on any atom is 0.407 e. The summed E-state index contributed by atoms with van der Waals surface area (Å²) in [5.41, 5.74) is 0.676. The molecule has 1 N–H and O–H groups in total. The summed E-state index contributed by atoms with van der Waals surface area (Å²) in [5, 5.41) is 8.87. The van der Waals surface area contributed by atoms with Crippen LogP contribution in [0.15, 0.2) is 18.2 Å². The first-order chi connectivity index (χ1) is 9.10. The van der Waals surface area contributed by atoms with Crippen LogP contribution >= 0.6 is 0 Å². The Kier molecular flexibility index (Phi) is 4.24. The Labute approximate surface area is 111 Å². The van der Waals surface area contributed by atoms with E-state index < -0.39 is 6.09 Å². The van der Waals surface area contributed by atoms with Crippen LogP contribution in [0, 0.1) is 11.7 Å². The molecule has 1 aliphatic rings. The number of hydrogen-bond donors (Lipinski definition) is 1. The number of carbonyl (C=O) groups is 1. The molecule has 0 aliphatic carbocycles. The van der Waals surface area contributed by atoms with E-state index in [2.05, 4.69) is 0 Å². The first-order valence-electron chi connectivity index (χ1n) is 6.40. The number of piperidine rings is 1. The normalized spacial score (nSPS) is 16.4. The average molecular weight is 267 g/mol. The van der Waals surface area contributed by atoms with Gasteiger partial charge in [0.2, 0.25) is 0 Å². The maximum absolute atomic E-state index is 13.8. The summed E-state index contributed by atoms with van der Waals surface area (Å²) in [7, 11) is 1.51. The largest absolute Gasteiger partial charge is 0.497 e. The number of hydrogen-bond acceptors (Lipinski definition) is 2. The van der Waals surface area contributed by atoms with Crippen molar-refractivity contribution in [2.45, 2.75) is 19.3 Å². The van der Waals surface area contributed by atoms with Crippen molar-refractivity contribution in [3.8, 4) is 5.75 Å². The van der Waals surface area contributed by atoms with Gasteiger partial charge in [0.1, 0.15) is 11.6 Å². The molecule has 1 aliphatic heterocycles. The number of ether oxygens (including phenoxy) is 1. The van der Waals surface area contributed by atoms with Gasteiger partial charge < -0.3 is 14.7 Å². The minimum atomic E-state index is -0.867. The van der Waals surface area contributed by atoms with Crippen molar-refractivity contribution in [2.75, 3.05) is 20.2 Å². The maximum atomic E-state index is 13.8.